The van der Waals surface area contributed by atoms with Gasteiger partial charge in [0.15, 0.2) is 0 Å². The molecule has 3 aromatic rings. The maximum Gasteiger partial charge on any atom is 0.223 e. The molecular formula is C24H25NO2. The van der Waals surface area contributed by atoms with Gasteiger partial charge in [0.2, 0.25) is 5.91 Å². The van der Waals surface area contributed by atoms with Crippen molar-refractivity contribution in [3.8, 4) is 5.75 Å². The average molecular weight is 359 g/mol. The molecule has 0 heterocycles. The Hall–Kier alpha value is -2.81. The van der Waals surface area contributed by atoms with E-state index in [1.807, 2.05) is 66.7 Å². The van der Waals surface area contributed by atoms with E-state index in [1.54, 1.807) is 0 Å². The van der Waals surface area contributed by atoms with Crippen molar-refractivity contribution in [2.75, 3.05) is 0 Å². The number of nitrogens with one attached hydrogen (secondary N) is 1. The molecule has 0 radical (unpaired) electrons. The fraction of sp³-hybridized carbons (Fsp3) is 0.292. The number of amides is 1. The molecule has 0 saturated heterocycles. The summed E-state index contributed by atoms with van der Waals surface area (Å²) in [4.78, 5) is 12.9. The summed E-state index contributed by atoms with van der Waals surface area (Å²) in [5.74, 6) is 0.412. The summed E-state index contributed by atoms with van der Waals surface area (Å²) in [6.07, 6.45) is 5.37. The lowest BCUT2D eigenvalue weighted by atomic mass is 9.87. The summed E-state index contributed by atoms with van der Waals surface area (Å²) in [5.41, 5.74) is 1.72. The highest BCUT2D eigenvalue weighted by Crippen LogP contribution is 2.36. The van der Waals surface area contributed by atoms with E-state index in [1.165, 1.54) is 6.42 Å². The van der Waals surface area contributed by atoms with E-state index in [0.29, 0.717) is 0 Å². The van der Waals surface area contributed by atoms with Gasteiger partial charge in [-0.15, -0.1) is 0 Å². The molecule has 138 valence electrons. The van der Waals surface area contributed by atoms with Crippen LogP contribution < -0.4 is 5.32 Å². The molecule has 0 spiro atoms. The Labute approximate surface area is 160 Å². The molecule has 1 aliphatic rings. The van der Waals surface area contributed by atoms with Crippen molar-refractivity contribution in [3.05, 3.63) is 77.9 Å². The van der Waals surface area contributed by atoms with Crippen LogP contribution in [0.4, 0.5) is 0 Å². The quantitative estimate of drug-likeness (QED) is 0.661. The number of fused-ring (bicyclic) bond motifs is 1. The second-order valence-electron chi connectivity index (χ2n) is 7.41. The van der Waals surface area contributed by atoms with Crippen LogP contribution in [0, 0.1) is 5.92 Å². The van der Waals surface area contributed by atoms with E-state index in [4.69, 9.17) is 0 Å². The molecule has 1 atom stereocenters. The molecule has 1 fully saturated rings. The van der Waals surface area contributed by atoms with Crippen molar-refractivity contribution in [1.29, 1.82) is 0 Å². The average Bonchev–Trinajstić information content (AvgIpc) is 2.74. The van der Waals surface area contributed by atoms with Gasteiger partial charge in [-0.2, -0.15) is 0 Å². The van der Waals surface area contributed by atoms with Gasteiger partial charge in [-0.3, -0.25) is 4.79 Å². The molecule has 0 aliphatic heterocycles. The van der Waals surface area contributed by atoms with Crippen LogP contribution in [0.2, 0.25) is 0 Å². The zero-order valence-electron chi connectivity index (χ0n) is 15.4. The predicted molar refractivity (Wildman–Crippen MR) is 109 cm³/mol. The summed E-state index contributed by atoms with van der Waals surface area (Å²) in [6, 6.07) is 21.3. The Morgan fingerprint density at radius 2 is 1.59 bits per heavy atom. The normalized spacial score (nSPS) is 16.1. The first kappa shape index (κ1) is 17.6. The topological polar surface area (TPSA) is 49.3 Å². The number of carbonyl (C=O) groups is 1. The number of phenols is 1. The number of benzene rings is 3. The fourth-order valence-corrected chi connectivity index (χ4v) is 4.12. The second kappa shape index (κ2) is 7.83. The van der Waals surface area contributed by atoms with Gasteiger partial charge >= 0.3 is 0 Å². The first-order valence-electron chi connectivity index (χ1n) is 9.80. The lowest BCUT2D eigenvalue weighted by Gasteiger charge is -2.26. The van der Waals surface area contributed by atoms with Crippen molar-refractivity contribution in [2.24, 2.45) is 5.92 Å². The highest BCUT2D eigenvalue weighted by atomic mass is 16.3. The molecule has 27 heavy (non-hydrogen) atoms. The van der Waals surface area contributed by atoms with Gasteiger partial charge in [-0.25, -0.2) is 0 Å². The summed E-state index contributed by atoms with van der Waals surface area (Å²) in [5, 5.41) is 16.0. The molecule has 1 aliphatic carbocycles. The third-order valence-electron chi connectivity index (χ3n) is 5.64. The number of hydrogen-bond acceptors (Lipinski definition) is 2. The molecule has 0 bridgehead atoms. The molecule has 1 saturated carbocycles. The maximum atomic E-state index is 12.9. The summed E-state index contributed by atoms with van der Waals surface area (Å²) < 4.78 is 0. The van der Waals surface area contributed by atoms with E-state index in [2.05, 4.69) is 5.32 Å². The fourth-order valence-electron chi connectivity index (χ4n) is 4.12. The molecule has 0 aromatic heterocycles. The van der Waals surface area contributed by atoms with Gasteiger partial charge in [-0.1, -0.05) is 86.0 Å². The third kappa shape index (κ3) is 3.68. The molecule has 0 unspecified atom stereocenters. The van der Waals surface area contributed by atoms with Crippen LogP contribution in [0.15, 0.2) is 66.7 Å². The van der Waals surface area contributed by atoms with Gasteiger partial charge in [0.25, 0.3) is 0 Å². The monoisotopic (exact) mass is 359 g/mol. The maximum absolute atomic E-state index is 12.9. The molecule has 3 heteroatoms. The minimum atomic E-state index is -0.356. The SMILES string of the molecule is O=C(N[C@@H](c1ccccc1)c1ccc2ccccc2c1O)C1CCCCC1. The van der Waals surface area contributed by atoms with E-state index >= 15 is 0 Å². The molecule has 1 amide bonds. The van der Waals surface area contributed by atoms with Gasteiger partial charge in [0, 0.05) is 16.9 Å². The van der Waals surface area contributed by atoms with Crippen molar-refractivity contribution in [1.82, 2.24) is 5.32 Å². The largest absolute Gasteiger partial charge is 0.507 e. The minimum absolute atomic E-state index is 0.0764. The second-order valence-corrected chi connectivity index (χ2v) is 7.41. The Bertz CT molecular complexity index is 930. The van der Waals surface area contributed by atoms with Crippen molar-refractivity contribution >= 4 is 16.7 Å². The lowest BCUT2D eigenvalue weighted by Crippen LogP contribution is -2.35. The molecule has 3 aromatic carbocycles. The Morgan fingerprint density at radius 3 is 2.37 bits per heavy atom. The number of rotatable bonds is 4. The van der Waals surface area contributed by atoms with Gasteiger partial charge in [0.1, 0.15) is 5.75 Å². The zero-order valence-corrected chi connectivity index (χ0v) is 15.4. The number of hydrogen-bond donors (Lipinski definition) is 2. The lowest BCUT2D eigenvalue weighted by molar-refractivity contribution is -0.126. The molecule has 4 rings (SSSR count). The van der Waals surface area contributed by atoms with E-state index in [-0.39, 0.29) is 23.6 Å². The van der Waals surface area contributed by atoms with Crippen LogP contribution in [-0.2, 0) is 4.79 Å². The van der Waals surface area contributed by atoms with Crippen LogP contribution in [0.1, 0.15) is 49.3 Å². The Balaban J connectivity index is 1.72. The van der Waals surface area contributed by atoms with Crippen molar-refractivity contribution in [2.45, 2.75) is 38.1 Å². The van der Waals surface area contributed by atoms with Crippen LogP contribution >= 0.6 is 0 Å². The summed E-state index contributed by atoms with van der Waals surface area (Å²) >= 11 is 0. The predicted octanol–water partition coefficient (Wildman–Crippen LogP) is 5.33. The van der Waals surface area contributed by atoms with Gasteiger partial charge < -0.3 is 10.4 Å². The Morgan fingerprint density at radius 1 is 0.889 bits per heavy atom. The molecular weight excluding hydrogens is 334 g/mol. The number of phenolic OH excluding ortho intramolecular Hbond substituents is 1. The standard InChI is InChI=1S/C24H25NO2/c26-23-20-14-8-7-9-17(20)15-16-21(23)22(18-10-3-1-4-11-18)25-24(27)19-12-5-2-6-13-19/h1,3-4,7-11,14-16,19,22,26H,2,5-6,12-13H2,(H,25,27)/t22-/m0/s1. The smallest absolute Gasteiger partial charge is 0.223 e. The molecule has 2 N–H and O–H groups in total. The summed E-state index contributed by atoms with van der Waals surface area (Å²) in [6.45, 7) is 0. The van der Waals surface area contributed by atoms with Crippen LogP contribution in [0.3, 0.4) is 0 Å². The minimum Gasteiger partial charge on any atom is -0.507 e. The highest BCUT2D eigenvalue weighted by molar-refractivity contribution is 5.90. The highest BCUT2D eigenvalue weighted by Gasteiger charge is 2.26. The third-order valence-corrected chi connectivity index (χ3v) is 5.64. The van der Waals surface area contributed by atoms with Crippen LogP contribution in [0.5, 0.6) is 5.75 Å². The van der Waals surface area contributed by atoms with E-state index in [9.17, 15) is 9.90 Å². The van der Waals surface area contributed by atoms with E-state index < -0.39 is 0 Å². The zero-order chi connectivity index (χ0) is 18.6. The molecule has 3 nitrogen and oxygen atoms in total. The number of carbonyl (C=O) groups excluding carboxylic acids is 1. The van der Waals surface area contributed by atoms with E-state index in [0.717, 1.165) is 47.6 Å². The van der Waals surface area contributed by atoms with Crippen LogP contribution in [-0.4, -0.2) is 11.0 Å². The summed E-state index contributed by atoms with van der Waals surface area (Å²) in [7, 11) is 0. The van der Waals surface area contributed by atoms with Gasteiger partial charge in [-0.05, 0) is 23.8 Å². The van der Waals surface area contributed by atoms with Gasteiger partial charge in [0.05, 0.1) is 6.04 Å². The number of aromatic hydroxyl groups is 1. The van der Waals surface area contributed by atoms with Crippen LogP contribution in [0.25, 0.3) is 10.8 Å². The van der Waals surface area contributed by atoms with Crippen molar-refractivity contribution in [3.63, 3.8) is 0 Å². The Kier molecular flexibility index (Phi) is 5.10. The first-order valence-corrected chi connectivity index (χ1v) is 9.80. The van der Waals surface area contributed by atoms with Crippen molar-refractivity contribution < 1.29 is 9.90 Å². The first-order chi connectivity index (χ1) is 13.2.